The molecule has 19 heavy (non-hydrogen) atoms. The van der Waals surface area contributed by atoms with Crippen LogP contribution in [-0.2, 0) is 4.74 Å². The van der Waals surface area contributed by atoms with E-state index in [1.54, 1.807) is 0 Å². The van der Waals surface area contributed by atoms with Gasteiger partial charge in [0.25, 0.3) is 5.91 Å². The van der Waals surface area contributed by atoms with Gasteiger partial charge in [0.05, 0.1) is 13.2 Å². The van der Waals surface area contributed by atoms with E-state index in [1.807, 2.05) is 29.3 Å². The van der Waals surface area contributed by atoms with Crippen LogP contribution in [0.5, 0.6) is 0 Å². The first-order chi connectivity index (χ1) is 9.29. The summed E-state index contributed by atoms with van der Waals surface area (Å²) in [5.74, 6) is -0.0658. The SMILES string of the molecule is CCCNc1ccc(C(=O)NN2CCOCC2)cc1. The number of nitrogens with zero attached hydrogens (tertiary/aromatic N) is 1. The molecule has 1 aliphatic heterocycles. The third kappa shape index (κ3) is 4.22. The van der Waals surface area contributed by atoms with Crippen molar-refractivity contribution in [2.75, 3.05) is 38.2 Å². The molecule has 1 aromatic rings. The Morgan fingerprint density at radius 1 is 1.26 bits per heavy atom. The molecule has 0 radical (unpaired) electrons. The summed E-state index contributed by atoms with van der Waals surface area (Å²) in [7, 11) is 0. The number of hydrogen-bond donors (Lipinski definition) is 2. The smallest absolute Gasteiger partial charge is 0.265 e. The molecule has 0 saturated carbocycles. The van der Waals surface area contributed by atoms with E-state index in [2.05, 4.69) is 17.7 Å². The maximum atomic E-state index is 12.0. The van der Waals surface area contributed by atoms with E-state index in [0.29, 0.717) is 18.8 Å². The molecule has 0 bridgehead atoms. The van der Waals surface area contributed by atoms with Gasteiger partial charge in [-0.05, 0) is 30.7 Å². The first kappa shape index (κ1) is 13.8. The molecule has 0 aliphatic carbocycles. The Balaban J connectivity index is 1.87. The van der Waals surface area contributed by atoms with E-state index in [-0.39, 0.29) is 5.91 Å². The third-order valence-corrected chi connectivity index (χ3v) is 3.00. The molecule has 0 unspecified atom stereocenters. The van der Waals surface area contributed by atoms with Gasteiger partial charge in [-0.2, -0.15) is 0 Å². The maximum Gasteiger partial charge on any atom is 0.265 e. The number of carbonyl (C=O) groups is 1. The molecule has 2 rings (SSSR count). The van der Waals surface area contributed by atoms with Crippen LogP contribution in [0.4, 0.5) is 5.69 Å². The second-order valence-corrected chi connectivity index (χ2v) is 4.54. The van der Waals surface area contributed by atoms with E-state index in [0.717, 1.165) is 31.7 Å². The van der Waals surface area contributed by atoms with E-state index < -0.39 is 0 Å². The fourth-order valence-corrected chi connectivity index (χ4v) is 1.89. The first-order valence-corrected chi connectivity index (χ1v) is 6.77. The number of hydrazine groups is 1. The summed E-state index contributed by atoms with van der Waals surface area (Å²) >= 11 is 0. The van der Waals surface area contributed by atoms with Crippen LogP contribution >= 0.6 is 0 Å². The molecular formula is C14H21N3O2. The van der Waals surface area contributed by atoms with Crippen molar-refractivity contribution in [1.29, 1.82) is 0 Å². The topological polar surface area (TPSA) is 53.6 Å². The summed E-state index contributed by atoms with van der Waals surface area (Å²) in [6.07, 6.45) is 1.08. The Bertz CT molecular complexity index is 400. The van der Waals surface area contributed by atoms with E-state index >= 15 is 0 Å². The van der Waals surface area contributed by atoms with Gasteiger partial charge in [-0.15, -0.1) is 0 Å². The van der Waals surface area contributed by atoms with Gasteiger partial charge in [-0.3, -0.25) is 10.2 Å². The second-order valence-electron chi connectivity index (χ2n) is 4.54. The van der Waals surface area contributed by atoms with Gasteiger partial charge >= 0.3 is 0 Å². The monoisotopic (exact) mass is 263 g/mol. The molecule has 5 heteroatoms. The molecular weight excluding hydrogens is 242 g/mol. The van der Waals surface area contributed by atoms with Crippen LogP contribution in [0.15, 0.2) is 24.3 Å². The Hall–Kier alpha value is -1.59. The highest BCUT2D eigenvalue weighted by molar-refractivity contribution is 5.94. The Morgan fingerprint density at radius 2 is 1.95 bits per heavy atom. The lowest BCUT2D eigenvalue weighted by molar-refractivity contribution is 0.0126. The van der Waals surface area contributed by atoms with Gasteiger partial charge < -0.3 is 10.1 Å². The predicted octanol–water partition coefficient (Wildman–Crippen LogP) is 1.49. The molecule has 1 fully saturated rings. The number of nitrogens with one attached hydrogen (secondary N) is 2. The Kier molecular flexibility index (Phi) is 5.18. The summed E-state index contributed by atoms with van der Waals surface area (Å²) in [6.45, 7) is 5.88. The average molecular weight is 263 g/mol. The Labute approximate surface area is 113 Å². The fraction of sp³-hybridized carbons (Fsp3) is 0.500. The van der Waals surface area contributed by atoms with Crippen LogP contribution in [0, 0.1) is 0 Å². The van der Waals surface area contributed by atoms with Crippen molar-refractivity contribution < 1.29 is 9.53 Å². The molecule has 0 spiro atoms. The molecule has 0 atom stereocenters. The maximum absolute atomic E-state index is 12.0. The van der Waals surface area contributed by atoms with Gasteiger partial charge in [-0.1, -0.05) is 6.92 Å². The standard InChI is InChI=1S/C14H21N3O2/c1-2-7-15-13-5-3-12(4-6-13)14(18)16-17-8-10-19-11-9-17/h3-6,15H,2,7-11H2,1H3,(H,16,18). The lowest BCUT2D eigenvalue weighted by atomic mass is 10.2. The molecule has 104 valence electrons. The molecule has 1 heterocycles. The summed E-state index contributed by atoms with van der Waals surface area (Å²) in [5.41, 5.74) is 4.61. The second kappa shape index (κ2) is 7.11. The zero-order valence-corrected chi connectivity index (χ0v) is 11.3. The minimum Gasteiger partial charge on any atom is -0.385 e. The zero-order valence-electron chi connectivity index (χ0n) is 11.3. The van der Waals surface area contributed by atoms with Crippen molar-refractivity contribution in [3.63, 3.8) is 0 Å². The molecule has 0 aromatic heterocycles. The summed E-state index contributed by atoms with van der Waals surface area (Å²) in [4.78, 5) is 12.0. The number of morpholine rings is 1. The lowest BCUT2D eigenvalue weighted by Crippen LogP contribution is -2.48. The number of hydrogen-bond acceptors (Lipinski definition) is 4. The largest absolute Gasteiger partial charge is 0.385 e. The van der Waals surface area contributed by atoms with Crippen LogP contribution in [0.25, 0.3) is 0 Å². The van der Waals surface area contributed by atoms with Crippen molar-refractivity contribution in [3.8, 4) is 0 Å². The number of amides is 1. The van der Waals surface area contributed by atoms with Crippen LogP contribution < -0.4 is 10.7 Å². The molecule has 5 nitrogen and oxygen atoms in total. The van der Waals surface area contributed by atoms with Crippen molar-refractivity contribution in [2.24, 2.45) is 0 Å². The van der Waals surface area contributed by atoms with E-state index in [4.69, 9.17) is 4.74 Å². The molecule has 2 N–H and O–H groups in total. The van der Waals surface area contributed by atoms with Gasteiger partial charge in [0.2, 0.25) is 0 Å². The molecule has 1 aliphatic rings. The predicted molar refractivity (Wildman–Crippen MR) is 75.1 cm³/mol. The first-order valence-electron chi connectivity index (χ1n) is 6.77. The minimum absolute atomic E-state index is 0.0658. The quantitative estimate of drug-likeness (QED) is 0.845. The highest BCUT2D eigenvalue weighted by Crippen LogP contribution is 2.09. The van der Waals surface area contributed by atoms with Crippen LogP contribution in [-0.4, -0.2) is 43.8 Å². The van der Waals surface area contributed by atoms with E-state index in [9.17, 15) is 4.79 Å². The summed E-state index contributed by atoms with van der Waals surface area (Å²) in [6, 6.07) is 7.55. The summed E-state index contributed by atoms with van der Waals surface area (Å²) in [5, 5.41) is 5.18. The van der Waals surface area contributed by atoms with Crippen molar-refractivity contribution in [1.82, 2.24) is 10.4 Å². The van der Waals surface area contributed by atoms with Crippen molar-refractivity contribution >= 4 is 11.6 Å². The van der Waals surface area contributed by atoms with Crippen LogP contribution in [0.1, 0.15) is 23.7 Å². The lowest BCUT2D eigenvalue weighted by Gasteiger charge is -2.26. The third-order valence-electron chi connectivity index (χ3n) is 3.00. The fourth-order valence-electron chi connectivity index (χ4n) is 1.89. The Morgan fingerprint density at radius 3 is 2.58 bits per heavy atom. The van der Waals surface area contributed by atoms with Crippen molar-refractivity contribution in [2.45, 2.75) is 13.3 Å². The average Bonchev–Trinajstić information content (AvgIpc) is 2.46. The highest BCUT2D eigenvalue weighted by Gasteiger charge is 2.13. The molecule has 1 saturated heterocycles. The van der Waals surface area contributed by atoms with E-state index in [1.165, 1.54) is 0 Å². The van der Waals surface area contributed by atoms with Crippen molar-refractivity contribution in [3.05, 3.63) is 29.8 Å². The normalized spacial score (nSPS) is 16.1. The zero-order chi connectivity index (χ0) is 13.5. The van der Waals surface area contributed by atoms with Crippen LogP contribution in [0.2, 0.25) is 0 Å². The van der Waals surface area contributed by atoms with Gasteiger partial charge in [-0.25, -0.2) is 5.01 Å². The number of anilines is 1. The van der Waals surface area contributed by atoms with Gasteiger partial charge in [0, 0.05) is 30.9 Å². The van der Waals surface area contributed by atoms with Crippen LogP contribution in [0.3, 0.4) is 0 Å². The number of benzene rings is 1. The number of carbonyl (C=O) groups excluding carboxylic acids is 1. The van der Waals surface area contributed by atoms with Gasteiger partial charge in [0.1, 0.15) is 0 Å². The summed E-state index contributed by atoms with van der Waals surface area (Å²) < 4.78 is 5.24. The molecule has 1 aromatic carbocycles. The molecule has 1 amide bonds. The van der Waals surface area contributed by atoms with Gasteiger partial charge in [0.15, 0.2) is 0 Å². The number of ether oxygens (including phenoxy) is 1. The minimum atomic E-state index is -0.0658. The number of rotatable bonds is 5. The highest BCUT2D eigenvalue weighted by atomic mass is 16.5.